The third-order valence-electron chi connectivity index (χ3n) is 3.14. The fourth-order valence-electron chi connectivity index (χ4n) is 1.97. The Kier molecular flexibility index (Phi) is 4.15. The van der Waals surface area contributed by atoms with Crippen LogP contribution in [0, 0.1) is 0 Å². The summed E-state index contributed by atoms with van der Waals surface area (Å²) in [7, 11) is 1.73. The first-order valence-electron chi connectivity index (χ1n) is 5.83. The maximum absolute atomic E-state index is 10.8. The molecule has 1 saturated heterocycles. The molecule has 3 N–H and O–H groups in total. The number of thiazole rings is 1. The van der Waals surface area contributed by atoms with E-state index in [2.05, 4.69) is 9.88 Å². The average Bonchev–Trinajstić information content (AvgIpc) is 2.87. The first-order valence-corrected chi connectivity index (χ1v) is 6.71. The number of hydrogen-bond acceptors (Lipinski definition) is 6. The summed E-state index contributed by atoms with van der Waals surface area (Å²) in [5.74, 6) is -1.05. The minimum atomic E-state index is -1.05. The molecule has 0 aromatic carbocycles. The van der Waals surface area contributed by atoms with Gasteiger partial charge < -0.3 is 20.5 Å². The second-order valence-electron chi connectivity index (χ2n) is 4.29. The van der Waals surface area contributed by atoms with E-state index < -0.39 is 12.0 Å². The van der Waals surface area contributed by atoms with Gasteiger partial charge in [-0.05, 0) is 12.8 Å². The highest BCUT2D eigenvalue weighted by Gasteiger charge is 2.23. The fraction of sp³-hybridized carbons (Fsp3) is 0.636. The van der Waals surface area contributed by atoms with Gasteiger partial charge in [0, 0.05) is 25.6 Å². The molecule has 1 fully saturated rings. The predicted octanol–water partition coefficient (Wildman–Crippen LogP) is 0.843. The van der Waals surface area contributed by atoms with Gasteiger partial charge in [0.15, 0.2) is 5.13 Å². The molecule has 2 rings (SSSR count). The van der Waals surface area contributed by atoms with Crippen LogP contribution in [0.25, 0.3) is 0 Å². The van der Waals surface area contributed by atoms with Crippen LogP contribution in [0.2, 0.25) is 0 Å². The Labute approximate surface area is 109 Å². The van der Waals surface area contributed by atoms with Crippen LogP contribution in [0.5, 0.6) is 0 Å². The van der Waals surface area contributed by atoms with E-state index in [1.807, 2.05) is 0 Å². The number of hydrogen-bond donors (Lipinski definition) is 2. The summed E-state index contributed by atoms with van der Waals surface area (Å²) in [5.41, 5.74) is 5.96. The number of methoxy groups -OCH3 is 1. The maximum atomic E-state index is 10.8. The highest BCUT2D eigenvalue weighted by molar-refractivity contribution is 7.13. The summed E-state index contributed by atoms with van der Waals surface area (Å²) >= 11 is 1.44. The maximum Gasteiger partial charge on any atom is 0.326 e. The van der Waals surface area contributed by atoms with Gasteiger partial charge in [-0.15, -0.1) is 11.3 Å². The molecule has 0 radical (unpaired) electrons. The van der Waals surface area contributed by atoms with E-state index in [9.17, 15) is 4.79 Å². The van der Waals surface area contributed by atoms with Crippen LogP contribution >= 0.6 is 11.3 Å². The highest BCUT2D eigenvalue weighted by Crippen LogP contribution is 2.26. The third kappa shape index (κ3) is 2.80. The van der Waals surface area contributed by atoms with Crippen LogP contribution in [0.4, 0.5) is 5.13 Å². The summed E-state index contributed by atoms with van der Waals surface area (Å²) < 4.78 is 5.31. The minimum Gasteiger partial charge on any atom is -0.480 e. The molecule has 0 spiro atoms. The molecule has 1 aromatic heterocycles. The van der Waals surface area contributed by atoms with Crippen molar-refractivity contribution in [1.29, 1.82) is 0 Å². The van der Waals surface area contributed by atoms with E-state index in [4.69, 9.17) is 15.6 Å². The van der Waals surface area contributed by atoms with Gasteiger partial charge in [0.2, 0.25) is 0 Å². The first kappa shape index (κ1) is 13.3. The minimum absolute atomic E-state index is 0.321. The zero-order valence-corrected chi connectivity index (χ0v) is 11.0. The molecule has 1 aliphatic heterocycles. The van der Waals surface area contributed by atoms with E-state index in [1.165, 1.54) is 11.3 Å². The Morgan fingerprint density at radius 2 is 2.33 bits per heavy atom. The molecular formula is C11H17N3O3S. The quantitative estimate of drug-likeness (QED) is 0.843. The third-order valence-corrected chi connectivity index (χ3v) is 4.06. The normalized spacial score (nSPS) is 18.9. The van der Waals surface area contributed by atoms with Crippen molar-refractivity contribution in [3.05, 3.63) is 11.1 Å². The van der Waals surface area contributed by atoms with Crippen LogP contribution in [0.3, 0.4) is 0 Å². The number of carbonyl (C=O) groups is 1. The van der Waals surface area contributed by atoms with Crippen molar-refractivity contribution in [3.63, 3.8) is 0 Å². The number of carboxylic acids is 1. The van der Waals surface area contributed by atoms with E-state index in [1.54, 1.807) is 12.5 Å². The molecule has 0 bridgehead atoms. The summed E-state index contributed by atoms with van der Waals surface area (Å²) in [5, 5.41) is 11.4. The zero-order valence-electron chi connectivity index (χ0n) is 10.2. The Hall–Kier alpha value is -1.18. The monoisotopic (exact) mass is 271 g/mol. The molecule has 18 heavy (non-hydrogen) atoms. The summed E-state index contributed by atoms with van der Waals surface area (Å²) in [6.45, 7) is 1.77. The Balaban J connectivity index is 2.00. The molecule has 1 aliphatic rings. The SMILES string of the molecule is COC1CCN(c2nc(C(N)C(=O)O)cs2)CC1. The molecule has 0 aliphatic carbocycles. The van der Waals surface area contributed by atoms with Crippen molar-refractivity contribution in [2.24, 2.45) is 5.73 Å². The number of aliphatic carboxylic acids is 1. The van der Waals surface area contributed by atoms with Gasteiger partial charge in [0.1, 0.15) is 6.04 Å². The number of carboxylic acid groups (broad SMARTS) is 1. The molecule has 1 atom stereocenters. The van der Waals surface area contributed by atoms with Crippen LogP contribution in [-0.4, -0.2) is 42.4 Å². The van der Waals surface area contributed by atoms with Crippen LogP contribution < -0.4 is 10.6 Å². The van der Waals surface area contributed by atoms with Crippen LogP contribution in [0.15, 0.2) is 5.38 Å². The van der Waals surface area contributed by atoms with Gasteiger partial charge in [0.05, 0.1) is 11.8 Å². The van der Waals surface area contributed by atoms with E-state index in [0.29, 0.717) is 11.8 Å². The summed E-state index contributed by atoms with van der Waals surface area (Å²) in [4.78, 5) is 17.2. The molecule has 100 valence electrons. The largest absolute Gasteiger partial charge is 0.480 e. The van der Waals surface area contributed by atoms with Gasteiger partial charge >= 0.3 is 5.97 Å². The van der Waals surface area contributed by atoms with Crippen LogP contribution in [0.1, 0.15) is 24.6 Å². The smallest absolute Gasteiger partial charge is 0.326 e. The van der Waals surface area contributed by atoms with Crippen molar-refractivity contribution < 1.29 is 14.6 Å². The zero-order chi connectivity index (χ0) is 13.1. The standard InChI is InChI=1S/C11H17N3O3S/c1-17-7-2-4-14(5-3-7)11-13-8(6-18-11)9(12)10(15)16/h6-7,9H,2-5,12H2,1H3,(H,15,16). The van der Waals surface area contributed by atoms with Crippen molar-refractivity contribution in [1.82, 2.24) is 4.98 Å². The van der Waals surface area contributed by atoms with Gasteiger partial charge in [-0.3, -0.25) is 4.79 Å². The molecule has 0 amide bonds. The van der Waals surface area contributed by atoms with Gasteiger partial charge in [-0.25, -0.2) is 4.98 Å². The van der Waals surface area contributed by atoms with Crippen molar-refractivity contribution in [2.45, 2.75) is 25.0 Å². The molecule has 6 nitrogen and oxygen atoms in total. The van der Waals surface area contributed by atoms with E-state index in [-0.39, 0.29) is 0 Å². The average molecular weight is 271 g/mol. The number of piperidine rings is 1. The molecule has 1 aromatic rings. The second kappa shape index (κ2) is 5.64. The molecular weight excluding hydrogens is 254 g/mol. The van der Waals surface area contributed by atoms with Crippen molar-refractivity contribution in [3.8, 4) is 0 Å². The molecule has 0 saturated carbocycles. The highest BCUT2D eigenvalue weighted by atomic mass is 32.1. The number of nitrogens with two attached hydrogens (primary N) is 1. The number of nitrogens with zero attached hydrogens (tertiary/aromatic N) is 2. The van der Waals surface area contributed by atoms with Gasteiger partial charge in [-0.2, -0.15) is 0 Å². The second-order valence-corrected chi connectivity index (χ2v) is 5.13. The summed E-state index contributed by atoms with van der Waals surface area (Å²) in [6.07, 6.45) is 2.26. The fourth-order valence-corrected chi connectivity index (χ4v) is 2.89. The number of aromatic nitrogens is 1. The lowest BCUT2D eigenvalue weighted by molar-refractivity contribution is -0.138. The lowest BCUT2D eigenvalue weighted by Gasteiger charge is -2.30. The number of ether oxygens (including phenoxy) is 1. The molecule has 1 unspecified atom stereocenters. The van der Waals surface area contributed by atoms with E-state index >= 15 is 0 Å². The summed E-state index contributed by atoms with van der Waals surface area (Å²) in [6, 6.07) is -1.04. The van der Waals surface area contributed by atoms with Crippen molar-refractivity contribution >= 4 is 22.4 Å². The molecule has 2 heterocycles. The van der Waals surface area contributed by atoms with E-state index in [0.717, 1.165) is 31.1 Å². The topological polar surface area (TPSA) is 88.7 Å². The Bertz CT molecular complexity index is 415. The number of anilines is 1. The lowest BCUT2D eigenvalue weighted by Crippen LogP contribution is -2.36. The Morgan fingerprint density at radius 3 is 2.89 bits per heavy atom. The van der Waals surface area contributed by atoms with Gasteiger partial charge in [-0.1, -0.05) is 0 Å². The number of rotatable bonds is 4. The molecule has 7 heteroatoms. The van der Waals surface area contributed by atoms with Gasteiger partial charge in [0.25, 0.3) is 0 Å². The predicted molar refractivity (Wildman–Crippen MR) is 68.9 cm³/mol. The van der Waals surface area contributed by atoms with Crippen molar-refractivity contribution in [2.75, 3.05) is 25.1 Å². The van der Waals surface area contributed by atoms with Crippen LogP contribution in [-0.2, 0) is 9.53 Å². The lowest BCUT2D eigenvalue weighted by atomic mass is 10.1. The Morgan fingerprint density at radius 1 is 1.67 bits per heavy atom. The first-order chi connectivity index (χ1) is 8.61.